The van der Waals surface area contributed by atoms with Gasteiger partial charge in [0.2, 0.25) is 5.91 Å². The molecule has 3 rings (SSSR count). The Kier molecular flexibility index (Phi) is 3.72. The molecule has 122 valence electrons. The van der Waals surface area contributed by atoms with E-state index in [1.165, 1.54) is 4.68 Å². The van der Waals surface area contributed by atoms with Crippen LogP contribution in [0.3, 0.4) is 0 Å². The number of hydrogen-bond donors (Lipinski definition) is 0. The molecule has 0 radical (unpaired) electrons. The van der Waals surface area contributed by atoms with Crippen molar-refractivity contribution in [2.75, 3.05) is 25.4 Å². The Balaban J connectivity index is 1.65. The second kappa shape index (κ2) is 5.31. The highest BCUT2D eigenvalue weighted by Gasteiger charge is 2.53. The smallest absolute Gasteiger partial charge is 0.222 e. The number of amides is 1. The van der Waals surface area contributed by atoms with E-state index in [0.717, 1.165) is 12.4 Å². The van der Waals surface area contributed by atoms with E-state index in [-0.39, 0.29) is 24.8 Å². The lowest BCUT2D eigenvalue weighted by molar-refractivity contribution is -0.165. The topological polar surface area (TPSA) is 81.5 Å². The summed E-state index contributed by atoms with van der Waals surface area (Å²) in [4.78, 5) is 13.2. The minimum absolute atomic E-state index is 0.000706. The van der Waals surface area contributed by atoms with Gasteiger partial charge in [0.05, 0.1) is 44.4 Å². The lowest BCUT2D eigenvalue weighted by Gasteiger charge is -2.52. The van der Waals surface area contributed by atoms with Crippen molar-refractivity contribution in [3.63, 3.8) is 0 Å². The van der Waals surface area contributed by atoms with Crippen molar-refractivity contribution in [2.45, 2.75) is 30.7 Å². The molecule has 1 aromatic heterocycles. The predicted molar refractivity (Wildman–Crippen MR) is 75.3 cm³/mol. The van der Waals surface area contributed by atoms with Gasteiger partial charge in [0.15, 0.2) is 15.7 Å². The van der Waals surface area contributed by atoms with Crippen molar-refractivity contribution in [3.05, 3.63) is 18.2 Å². The van der Waals surface area contributed by atoms with Gasteiger partial charge < -0.3 is 9.64 Å². The van der Waals surface area contributed by atoms with Gasteiger partial charge in [-0.25, -0.2) is 12.8 Å². The van der Waals surface area contributed by atoms with Gasteiger partial charge in [-0.1, -0.05) is 6.92 Å². The highest BCUT2D eigenvalue weighted by atomic mass is 32.2. The van der Waals surface area contributed by atoms with Gasteiger partial charge >= 0.3 is 0 Å². The van der Waals surface area contributed by atoms with Crippen molar-refractivity contribution in [2.24, 2.45) is 0 Å². The Morgan fingerprint density at radius 3 is 2.82 bits per heavy atom. The molecule has 1 atom stereocenters. The van der Waals surface area contributed by atoms with Crippen molar-refractivity contribution in [3.8, 4) is 0 Å². The Morgan fingerprint density at radius 1 is 1.55 bits per heavy atom. The van der Waals surface area contributed by atoms with Crippen molar-refractivity contribution < 1.29 is 22.3 Å². The molecule has 0 unspecified atom stereocenters. The molecule has 7 nitrogen and oxygen atoms in total. The number of hydrogen-bond acceptors (Lipinski definition) is 5. The third kappa shape index (κ3) is 2.74. The van der Waals surface area contributed by atoms with Gasteiger partial charge in [-0.05, 0) is 0 Å². The van der Waals surface area contributed by atoms with Crippen LogP contribution in [0.1, 0.15) is 13.3 Å². The Morgan fingerprint density at radius 2 is 2.27 bits per heavy atom. The molecule has 2 fully saturated rings. The second-order valence-electron chi connectivity index (χ2n) is 5.91. The predicted octanol–water partition coefficient (Wildman–Crippen LogP) is -0.173. The normalized spacial score (nSPS) is 25.9. The molecule has 2 aliphatic rings. The molecule has 0 saturated carbocycles. The lowest BCUT2D eigenvalue weighted by Crippen LogP contribution is -2.70. The Bertz CT molecular complexity index is 681. The summed E-state index contributed by atoms with van der Waals surface area (Å²) in [5.41, 5.74) is -0.768. The molecule has 9 heteroatoms. The standard InChI is InChI=1S/C13H18FN3O4S/c1-2-12(18)16-7-13(8-16)9-22(19,20)11(6-21-13)5-17-4-10(14)3-15-17/h3-4,11H,2,5-9H2,1H3/t11-/m0/s1. The van der Waals surface area contributed by atoms with Crippen LogP contribution in [0, 0.1) is 5.82 Å². The average molecular weight is 331 g/mol. The van der Waals surface area contributed by atoms with E-state index in [4.69, 9.17) is 4.74 Å². The van der Waals surface area contributed by atoms with Crippen LogP contribution in [-0.2, 0) is 25.9 Å². The van der Waals surface area contributed by atoms with Crippen LogP contribution in [0.4, 0.5) is 4.39 Å². The zero-order valence-corrected chi connectivity index (χ0v) is 13.1. The third-order valence-electron chi connectivity index (χ3n) is 4.15. The molecule has 22 heavy (non-hydrogen) atoms. The molecular weight excluding hydrogens is 313 g/mol. The molecule has 3 heterocycles. The number of rotatable bonds is 3. The number of carbonyl (C=O) groups excluding carboxylic acids is 1. The van der Waals surface area contributed by atoms with Crippen molar-refractivity contribution in [1.82, 2.24) is 14.7 Å². The van der Waals surface area contributed by atoms with Crippen LogP contribution in [0.25, 0.3) is 0 Å². The van der Waals surface area contributed by atoms with Gasteiger partial charge in [-0.3, -0.25) is 9.48 Å². The maximum absolute atomic E-state index is 12.9. The number of sulfone groups is 1. The monoisotopic (exact) mass is 331 g/mol. The summed E-state index contributed by atoms with van der Waals surface area (Å²) in [5.74, 6) is -0.610. The molecular formula is C13H18FN3O4S. The molecule has 1 spiro atoms. The number of ether oxygens (including phenoxy) is 1. The van der Waals surface area contributed by atoms with Crippen LogP contribution < -0.4 is 0 Å². The maximum atomic E-state index is 12.9. The first-order chi connectivity index (χ1) is 10.3. The Hall–Kier alpha value is -1.48. The zero-order valence-electron chi connectivity index (χ0n) is 12.2. The van der Waals surface area contributed by atoms with E-state index in [2.05, 4.69) is 5.10 Å². The first-order valence-corrected chi connectivity index (χ1v) is 8.86. The maximum Gasteiger partial charge on any atom is 0.222 e. The summed E-state index contributed by atoms with van der Waals surface area (Å²) in [6.45, 7) is 2.52. The number of likely N-dealkylation sites (tertiary alicyclic amines) is 1. The van der Waals surface area contributed by atoms with E-state index in [1.54, 1.807) is 11.8 Å². The number of halogens is 1. The summed E-state index contributed by atoms with van der Waals surface area (Å²) in [5, 5.41) is 3.02. The minimum Gasteiger partial charge on any atom is -0.369 e. The highest BCUT2D eigenvalue weighted by Crippen LogP contribution is 2.33. The van der Waals surface area contributed by atoms with Gasteiger partial charge in [0.25, 0.3) is 0 Å². The molecule has 0 aliphatic carbocycles. The van der Waals surface area contributed by atoms with Gasteiger partial charge in [0, 0.05) is 6.42 Å². The molecule has 2 aliphatic heterocycles. The van der Waals surface area contributed by atoms with E-state index in [0.29, 0.717) is 19.5 Å². The van der Waals surface area contributed by atoms with Crippen LogP contribution in [0.15, 0.2) is 12.4 Å². The number of carbonyl (C=O) groups is 1. The first-order valence-electron chi connectivity index (χ1n) is 7.15. The molecule has 0 aromatic carbocycles. The zero-order chi connectivity index (χ0) is 16.0. The van der Waals surface area contributed by atoms with Gasteiger partial charge in [-0.15, -0.1) is 0 Å². The van der Waals surface area contributed by atoms with E-state index in [1.807, 2.05) is 0 Å². The molecule has 1 aromatic rings. The van der Waals surface area contributed by atoms with Crippen LogP contribution in [0.2, 0.25) is 0 Å². The van der Waals surface area contributed by atoms with Gasteiger partial charge in [-0.2, -0.15) is 5.10 Å². The molecule has 1 amide bonds. The average Bonchev–Trinajstić information content (AvgIpc) is 2.82. The van der Waals surface area contributed by atoms with E-state index >= 15 is 0 Å². The summed E-state index contributed by atoms with van der Waals surface area (Å²) in [6, 6.07) is 0. The quantitative estimate of drug-likeness (QED) is 0.768. The summed E-state index contributed by atoms with van der Waals surface area (Å²) < 4.78 is 44.8. The highest BCUT2D eigenvalue weighted by molar-refractivity contribution is 7.92. The van der Waals surface area contributed by atoms with Crippen LogP contribution in [0.5, 0.6) is 0 Å². The minimum atomic E-state index is -3.38. The summed E-state index contributed by atoms with van der Waals surface area (Å²) >= 11 is 0. The van der Waals surface area contributed by atoms with Crippen molar-refractivity contribution in [1.29, 1.82) is 0 Å². The SMILES string of the molecule is CCC(=O)N1CC2(C1)CS(=O)(=O)[C@@H](Cn1cc(F)cn1)CO2. The molecule has 2 saturated heterocycles. The van der Waals surface area contributed by atoms with Crippen LogP contribution in [-0.4, -0.2) is 65.3 Å². The van der Waals surface area contributed by atoms with Crippen molar-refractivity contribution >= 4 is 15.7 Å². The fourth-order valence-corrected chi connectivity index (χ4v) is 4.83. The molecule has 0 bridgehead atoms. The van der Waals surface area contributed by atoms with Gasteiger partial charge in [0.1, 0.15) is 10.9 Å². The summed E-state index contributed by atoms with van der Waals surface area (Å²) in [7, 11) is -3.38. The first kappa shape index (κ1) is 15.4. The third-order valence-corrected chi connectivity index (χ3v) is 6.38. The summed E-state index contributed by atoms with van der Waals surface area (Å²) in [6.07, 6.45) is 2.60. The number of aromatic nitrogens is 2. The fourth-order valence-electron chi connectivity index (χ4n) is 2.94. The lowest BCUT2D eigenvalue weighted by atomic mass is 9.95. The van der Waals surface area contributed by atoms with Crippen LogP contribution >= 0.6 is 0 Å². The Labute approximate surface area is 128 Å². The van der Waals surface area contributed by atoms with E-state index in [9.17, 15) is 17.6 Å². The van der Waals surface area contributed by atoms with E-state index < -0.39 is 26.5 Å². The fraction of sp³-hybridized carbons (Fsp3) is 0.692. The molecule has 0 N–H and O–H groups in total. The second-order valence-corrected chi connectivity index (χ2v) is 8.19. The number of nitrogens with zero attached hydrogens (tertiary/aromatic N) is 3. The largest absolute Gasteiger partial charge is 0.369 e.